The number of aromatic carboxylic acids is 1. The number of carbonyl (C=O) groups is 1. The summed E-state index contributed by atoms with van der Waals surface area (Å²) in [6, 6.07) is 4.79. The van der Waals surface area contributed by atoms with E-state index in [0.29, 0.717) is 12.5 Å². The summed E-state index contributed by atoms with van der Waals surface area (Å²) in [7, 11) is 0. The molecular weight excluding hydrogens is 343 g/mol. The predicted molar refractivity (Wildman–Crippen MR) is 82.8 cm³/mol. The fourth-order valence-electron chi connectivity index (χ4n) is 2.32. The summed E-state index contributed by atoms with van der Waals surface area (Å²) in [5.74, 6) is -8.80. The Hall–Kier alpha value is -2.70. The van der Waals surface area contributed by atoms with Gasteiger partial charge >= 0.3 is 5.97 Å². The molecule has 2 aromatic carbocycles. The topological polar surface area (TPSA) is 37.3 Å². The Labute approximate surface area is 140 Å². The molecule has 25 heavy (non-hydrogen) atoms. The van der Waals surface area contributed by atoms with Gasteiger partial charge in [-0.15, -0.1) is 0 Å². The molecule has 1 N–H and O–H groups in total. The molecule has 0 unspecified atom stereocenters. The highest BCUT2D eigenvalue weighted by Crippen LogP contribution is 2.32. The van der Waals surface area contributed by atoms with E-state index in [2.05, 4.69) is 0 Å². The SMILES string of the molecule is CCCC(F)=C(F)c1ccc(-c2c(C(=O)O)cc(F)c(F)c2F)cc1. The van der Waals surface area contributed by atoms with Crippen molar-refractivity contribution in [2.24, 2.45) is 0 Å². The van der Waals surface area contributed by atoms with Crippen LogP contribution < -0.4 is 0 Å². The van der Waals surface area contributed by atoms with Crippen molar-refractivity contribution in [3.8, 4) is 11.1 Å². The summed E-state index contributed by atoms with van der Waals surface area (Å²) < 4.78 is 68.1. The highest BCUT2D eigenvalue weighted by Gasteiger charge is 2.23. The molecule has 0 aliphatic carbocycles. The maximum absolute atomic E-state index is 14.0. The molecule has 0 aliphatic rings. The third-order valence-electron chi connectivity index (χ3n) is 3.53. The van der Waals surface area contributed by atoms with Crippen molar-refractivity contribution in [1.29, 1.82) is 0 Å². The second-order valence-corrected chi connectivity index (χ2v) is 5.26. The van der Waals surface area contributed by atoms with Crippen LogP contribution >= 0.6 is 0 Å². The van der Waals surface area contributed by atoms with Crippen molar-refractivity contribution in [2.75, 3.05) is 0 Å². The van der Waals surface area contributed by atoms with E-state index in [-0.39, 0.29) is 17.5 Å². The lowest BCUT2D eigenvalue weighted by Crippen LogP contribution is -2.06. The van der Waals surface area contributed by atoms with Crippen LogP contribution in [-0.2, 0) is 0 Å². The van der Waals surface area contributed by atoms with Gasteiger partial charge in [0, 0.05) is 17.5 Å². The molecular formula is C18H13F5O2. The van der Waals surface area contributed by atoms with Gasteiger partial charge in [-0.25, -0.2) is 26.7 Å². The average molecular weight is 356 g/mol. The summed E-state index contributed by atoms with van der Waals surface area (Å²) in [4.78, 5) is 11.2. The molecule has 0 atom stereocenters. The van der Waals surface area contributed by atoms with Crippen LogP contribution in [0.15, 0.2) is 36.2 Å². The molecule has 0 saturated carbocycles. The lowest BCUT2D eigenvalue weighted by molar-refractivity contribution is 0.0696. The predicted octanol–water partition coefficient (Wildman–Crippen LogP) is 5.88. The van der Waals surface area contributed by atoms with Crippen molar-refractivity contribution in [3.05, 3.63) is 64.7 Å². The van der Waals surface area contributed by atoms with Crippen LogP contribution in [0.2, 0.25) is 0 Å². The minimum atomic E-state index is -1.82. The third kappa shape index (κ3) is 3.70. The fraction of sp³-hybridized carbons (Fsp3) is 0.167. The molecule has 2 aromatic rings. The van der Waals surface area contributed by atoms with Gasteiger partial charge in [-0.2, -0.15) is 0 Å². The summed E-state index contributed by atoms with van der Waals surface area (Å²) in [5, 5.41) is 9.07. The molecule has 2 nitrogen and oxygen atoms in total. The second-order valence-electron chi connectivity index (χ2n) is 5.26. The molecule has 132 valence electrons. The van der Waals surface area contributed by atoms with Crippen LogP contribution in [0.25, 0.3) is 17.0 Å². The maximum atomic E-state index is 14.0. The fourth-order valence-corrected chi connectivity index (χ4v) is 2.32. The van der Waals surface area contributed by atoms with Crippen LogP contribution in [0.1, 0.15) is 35.7 Å². The van der Waals surface area contributed by atoms with Crippen LogP contribution in [-0.4, -0.2) is 11.1 Å². The van der Waals surface area contributed by atoms with Crippen molar-refractivity contribution < 1.29 is 31.9 Å². The van der Waals surface area contributed by atoms with Crippen LogP contribution in [0.5, 0.6) is 0 Å². The normalized spacial score (nSPS) is 12.1. The van der Waals surface area contributed by atoms with Gasteiger partial charge in [0.15, 0.2) is 23.3 Å². The van der Waals surface area contributed by atoms with E-state index in [1.165, 1.54) is 0 Å². The zero-order chi connectivity index (χ0) is 18.7. The van der Waals surface area contributed by atoms with E-state index in [4.69, 9.17) is 5.11 Å². The zero-order valence-electron chi connectivity index (χ0n) is 13.0. The second kappa shape index (κ2) is 7.46. The quantitative estimate of drug-likeness (QED) is 0.537. The van der Waals surface area contributed by atoms with E-state index in [0.717, 1.165) is 24.3 Å². The molecule has 0 spiro atoms. The summed E-state index contributed by atoms with van der Waals surface area (Å²) in [6.07, 6.45) is 0.313. The van der Waals surface area contributed by atoms with Gasteiger partial charge in [0.25, 0.3) is 0 Å². The zero-order valence-corrected chi connectivity index (χ0v) is 13.0. The van der Waals surface area contributed by atoms with Crippen LogP contribution in [0, 0.1) is 17.5 Å². The van der Waals surface area contributed by atoms with E-state index >= 15 is 0 Å². The van der Waals surface area contributed by atoms with E-state index in [1.54, 1.807) is 6.92 Å². The maximum Gasteiger partial charge on any atom is 0.336 e. The molecule has 0 saturated heterocycles. The van der Waals surface area contributed by atoms with E-state index < -0.39 is 46.2 Å². The van der Waals surface area contributed by atoms with Crippen LogP contribution in [0.4, 0.5) is 22.0 Å². The number of benzene rings is 2. The number of allylic oxidation sites excluding steroid dienone is 1. The lowest BCUT2D eigenvalue weighted by atomic mass is 9.97. The van der Waals surface area contributed by atoms with Gasteiger partial charge < -0.3 is 5.11 Å². The Morgan fingerprint density at radius 2 is 1.64 bits per heavy atom. The average Bonchev–Trinajstić information content (AvgIpc) is 2.59. The Morgan fingerprint density at radius 3 is 2.16 bits per heavy atom. The van der Waals surface area contributed by atoms with Crippen molar-refractivity contribution in [1.82, 2.24) is 0 Å². The van der Waals surface area contributed by atoms with Gasteiger partial charge in [-0.1, -0.05) is 31.2 Å². The minimum Gasteiger partial charge on any atom is -0.478 e. The van der Waals surface area contributed by atoms with Crippen molar-refractivity contribution >= 4 is 11.8 Å². The number of hydrogen-bond acceptors (Lipinski definition) is 1. The monoisotopic (exact) mass is 356 g/mol. The molecule has 0 fully saturated rings. The largest absolute Gasteiger partial charge is 0.478 e. The first-order valence-electron chi connectivity index (χ1n) is 7.33. The molecule has 0 amide bonds. The Morgan fingerprint density at radius 1 is 1.04 bits per heavy atom. The smallest absolute Gasteiger partial charge is 0.336 e. The first-order valence-corrected chi connectivity index (χ1v) is 7.33. The highest BCUT2D eigenvalue weighted by atomic mass is 19.2. The Bertz CT molecular complexity index is 842. The number of halogens is 5. The van der Waals surface area contributed by atoms with Gasteiger partial charge in [-0.3, -0.25) is 0 Å². The molecule has 0 radical (unpaired) electrons. The van der Waals surface area contributed by atoms with Crippen molar-refractivity contribution in [2.45, 2.75) is 19.8 Å². The summed E-state index contributed by atoms with van der Waals surface area (Å²) in [5.41, 5.74) is -1.69. The first kappa shape index (κ1) is 18.6. The summed E-state index contributed by atoms with van der Waals surface area (Å²) in [6.45, 7) is 1.68. The standard InChI is InChI=1S/C18H13F5O2/c1-2-3-12(19)15(21)10-6-4-9(5-7-10)14-11(18(24)25)8-13(20)16(22)17(14)23/h4-8H,2-3H2,1H3,(H,24,25). The van der Waals surface area contributed by atoms with E-state index in [1.807, 2.05) is 0 Å². The molecule has 0 aliphatic heterocycles. The van der Waals surface area contributed by atoms with Gasteiger partial charge in [-0.05, 0) is 18.1 Å². The molecule has 2 rings (SSSR count). The van der Waals surface area contributed by atoms with Crippen molar-refractivity contribution in [3.63, 3.8) is 0 Å². The van der Waals surface area contributed by atoms with Gasteiger partial charge in [0.05, 0.1) is 5.56 Å². The number of hydrogen-bond donors (Lipinski definition) is 1. The Kier molecular flexibility index (Phi) is 5.56. The number of carboxylic acids is 1. The number of carboxylic acid groups (broad SMARTS) is 1. The minimum absolute atomic E-state index is 0.0887. The molecule has 0 bridgehead atoms. The summed E-state index contributed by atoms with van der Waals surface area (Å²) >= 11 is 0. The number of rotatable bonds is 5. The molecule has 0 aromatic heterocycles. The van der Waals surface area contributed by atoms with Gasteiger partial charge in [0.2, 0.25) is 0 Å². The molecule has 7 heteroatoms. The lowest BCUT2D eigenvalue weighted by Gasteiger charge is -2.10. The molecule has 0 heterocycles. The highest BCUT2D eigenvalue weighted by molar-refractivity contribution is 5.96. The van der Waals surface area contributed by atoms with Gasteiger partial charge in [0.1, 0.15) is 5.83 Å². The first-order chi connectivity index (χ1) is 11.8. The third-order valence-corrected chi connectivity index (χ3v) is 3.53. The van der Waals surface area contributed by atoms with E-state index in [9.17, 15) is 26.7 Å². The Balaban J connectivity index is 2.56. The van der Waals surface area contributed by atoms with Crippen LogP contribution in [0.3, 0.4) is 0 Å².